The summed E-state index contributed by atoms with van der Waals surface area (Å²) in [5.41, 5.74) is -0.891. The third kappa shape index (κ3) is 2.53. The normalized spacial score (nSPS) is 11.7. The Labute approximate surface area is 133 Å². The lowest BCUT2D eigenvalue weighted by Crippen LogP contribution is -2.12. The van der Waals surface area contributed by atoms with E-state index in [1.54, 1.807) is 18.2 Å². The van der Waals surface area contributed by atoms with E-state index in [0.29, 0.717) is 11.0 Å². The first kappa shape index (κ1) is 15.8. The van der Waals surface area contributed by atoms with Gasteiger partial charge in [0.15, 0.2) is 5.82 Å². The number of halogens is 3. The lowest BCUT2D eigenvalue weighted by molar-refractivity contribution is -0.144. The van der Waals surface area contributed by atoms with E-state index in [0.717, 1.165) is 10.8 Å². The van der Waals surface area contributed by atoms with Crippen molar-refractivity contribution in [2.24, 2.45) is 7.05 Å². The molecule has 124 valence electrons. The number of fused-ring (bicyclic) bond motifs is 1. The molecule has 0 aliphatic carbocycles. The van der Waals surface area contributed by atoms with Crippen LogP contribution in [-0.2, 0) is 18.0 Å². The molecule has 3 aromatic heterocycles. The molecule has 0 fully saturated rings. The van der Waals surface area contributed by atoms with Crippen LogP contribution in [0.15, 0.2) is 43.2 Å². The highest BCUT2D eigenvalue weighted by molar-refractivity contribution is 5.85. The zero-order chi connectivity index (χ0) is 17.5. The van der Waals surface area contributed by atoms with Crippen LogP contribution in [0.25, 0.3) is 16.9 Å². The van der Waals surface area contributed by atoms with Crippen LogP contribution in [0.5, 0.6) is 5.75 Å². The van der Waals surface area contributed by atoms with E-state index in [1.165, 1.54) is 24.0 Å². The van der Waals surface area contributed by atoms with Gasteiger partial charge in [-0.15, -0.1) is 0 Å². The van der Waals surface area contributed by atoms with Crippen molar-refractivity contribution in [3.05, 3.63) is 48.9 Å². The van der Waals surface area contributed by atoms with Gasteiger partial charge in [0.2, 0.25) is 11.4 Å². The van der Waals surface area contributed by atoms with Crippen LogP contribution in [0.4, 0.5) is 13.2 Å². The summed E-state index contributed by atoms with van der Waals surface area (Å²) in [6.45, 7) is 3.20. The van der Waals surface area contributed by atoms with Gasteiger partial charge >= 0.3 is 12.1 Å². The van der Waals surface area contributed by atoms with E-state index in [9.17, 15) is 18.0 Å². The number of carbonyl (C=O) groups is 1. The molecule has 0 aliphatic rings. The van der Waals surface area contributed by atoms with Crippen molar-refractivity contribution in [3.63, 3.8) is 0 Å². The third-order valence-electron chi connectivity index (χ3n) is 3.29. The summed E-state index contributed by atoms with van der Waals surface area (Å²) in [6, 6.07) is 5.15. The number of rotatable bonds is 3. The van der Waals surface area contributed by atoms with Gasteiger partial charge in [0.1, 0.15) is 5.65 Å². The molecule has 0 N–H and O–H groups in total. The van der Waals surface area contributed by atoms with Gasteiger partial charge in [-0.3, -0.25) is 4.57 Å². The van der Waals surface area contributed by atoms with Crippen molar-refractivity contribution in [1.29, 1.82) is 0 Å². The molecule has 3 rings (SSSR count). The van der Waals surface area contributed by atoms with Crippen molar-refractivity contribution >= 4 is 17.0 Å². The first-order chi connectivity index (χ1) is 11.3. The number of aryl methyl sites for hydroxylation is 1. The lowest BCUT2D eigenvalue weighted by Gasteiger charge is -2.09. The van der Waals surface area contributed by atoms with Gasteiger partial charge in [-0.1, -0.05) is 6.58 Å². The summed E-state index contributed by atoms with van der Waals surface area (Å²) in [5.74, 6) is -1.77. The van der Waals surface area contributed by atoms with E-state index < -0.39 is 23.6 Å². The molecule has 0 amide bonds. The fourth-order valence-corrected chi connectivity index (χ4v) is 2.32. The second-order valence-corrected chi connectivity index (χ2v) is 4.85. The quantitative estimate of drug-likeness (QED) is 0.545. The molecular formula is C15H11F3N4O2. The van der Waals surface area contributed by atoms with Crippen LogP contribution in [0, 0.1) is 0 Å². The van der Waals surface area contributed by atoms with Crippen LogP contribution in [0.3, 0.4) is 0 Å². The Bertz CT molecular complexity index is 940. The first-order valence-corrected chi connectivity index (χ1v) is 6.74. The average Bonchev–Trinajstić information content (AvgIpc) is 3.08. The highest BCUT2D eigenvalue weighted by Gasteiger charge is 2.41. The zero-order valence-corrected chi connectivity index (χ0v) is 12.4. The molecule has 0 spiro atoms. The number of nitrogens with zero attached hydrogens (tertiary/aromatic N) is 4. The monoisotopic (exact) mass is 336 g/mol. The largest absolute Gasteiger partial charge is 0.439 e. The number of esters is 1. The molecule has 0 aliphatic heterocycles. The molecule has 0 saturated carbocycles. The SMILES string of the molecule is C=CC(=O)Oc1c(C(F)(F)F)nn(C)c1-n1ccc2cccnc21. The van der Waals surface area contributed by atoms with Gasteiger partial charge in [0.05, 0.1) is 0 Å². The predicted octanol–water partition coefficient (Wildman–Crippen LogP) is 2.87. The summed E-state index contributed by atoms with van der Waals surface area (Å²) in [4.78, 5) is 15.6. The summed E-state index contributed by atoms with van der Waals surface area (Å²) in [7, 11) is 1.32. The van der Waals surface area contributed by atoms with E-state index in [-0.39, 0.29) is 5.82 Å². The van der Waals surface area contributed by atoms with Gasteiger partial charge in [-0.2, -0.15) is 18.3 Å². The minimum atomic E-state index is -4.79. The molecule has 3 heterocycles. The fourth-order valence-electron chi connectivity index (χ4n) is 2.32. The van der Waals surface area contributed by atoms with Crippen LogP contribution < -0.4 is 4.74 Å². The molecule has 0 unspecified atom stereocenters. The third-order valence-corrected chi connectivity index (χ3v) is 3.29. The van der Waals surface area contributed by atoms with Crippen LogP contribution in [0.1, 0.15) is 5.69 Å². The summed E-state index contributed by atoms with van der Waals surface area (Å²) >= 11 is 0. The highest BCUT2D eigenvalue weighted by atomic mass is 19.4. The van der Waals surface area contributed by atoms with E-state index in [1.807, 2.05) is 0 Å². The molecule has 0 bridgehead atoms. The maximum absolute atomic E-state index is 13.2. The van der Waals surface area contributed by atoms with Gasteiger partial charge in [-0.25, -0.2) is 14.5 Å². The summed E-state index contributed by atoms with van der Waals surface area (Å²) < 4.78 is 46.9. The zero-order valence-electron chi connectivity index (χ0n) is 12.4. The summed E-state index contributed by atoms with van der Waals surface area (Å²) in [5, 5.41) is 4.18. The number of hydrogen-bond donors (Lipinski definition) is 0. The number of aromatic nitrogens is 4. The Morgan fingerprint density at radius 3 is 2.79 bits per heavy atom. The van der Waals surface area contributed by atoms with Crippen molar-refractivity contribution in [1.82, 2.24) is 19.3 Å². The minimum absolute atomic E-state index is 0.0637. The van der Waals surface area contributed by atoms with Gasteiger partial charge in [0.25, 0.3) is 0 Å². The molecular weight excluding hydrogens is 325 g/mol. The smallest absolute Gasteiger partial charge is 0.417 e. The number of alkyl halides is 3. The molecule has 3 aromatic rings. The highest BCUT2D eigenvalue weighted by Crippen LogP contribution is 2.39. The Morgan fingerprint density at radius 2 is 2.12 bits per heavy atom. The number of ether oxygens (including phenoxy) is 1. The maximum atomic E-state index is 13.2. The summed E-state index contributed by atoms with van der Waals surface area (Å²) in [6.07, 6.45) is -0.971. The molecule has 0 atom stereocenters. The van der Waals surface area contributed by atoms with Gasteiger partial charge in [-0.05, 0) is 18.2 Å². The van der Waals surface area contributed by atoms with Crippen LogP contribution in [0.2, 0.25) is 0 Å². The average molecular weight is 336 g/mol. The van der Waals surface area contributed by atoms with Gasteiger partial charge < -0.3 is 4.74 Å². The Balaban J connectivity index is 2.29. The first-order valence-electron chi connectivity index (χ1n) is 6.74. The molecule has 6 nitrogen and oxygen atoms in total. The Morgan fingerprint density at radius 1 is 1.38 bits per heavy atom. The predicted molar refractivity (Wildman–Crippen MR) is 78.7 cm³/mol. The molecule has 9 heteroatoms. The molecule has 0 radical (unpaired) electrons. The van der Waals surface area contributed by atoms with Crippen molar-refractivity contribution in [2.75, 3.05) is 0 Å². The second-order valence-electron chi connectivity index (χ2n) is 4.85. The Hall–Kier alpha value is -3.10. The maximum Gasteiger partial charge on any atom is 0.439 e. The van der Waals surface area contributed by atoms with Crippen LogP contribution in [-0.4, -0.2) is 25.3 Å². The second kappa shape index (κ2) is 5.52. The lowest BCUT2D eigenvalue weighted by atomic mass is 10.3. The topological polar surface area (TPSA) is 61.9 Å². The molecule has 24 heavy (non-hydrogen) atoms. The number of hydrogen-bond acceptors (Lipinski definition) is 4. The number of carbonyl (C=O) groups excluding carboxylic acids is 1. The Kier molecular flexibility index (Phi) is 3.63. The van der Waals surface area contributed by atoms with Crippen LogP contribution >= 0.6 is 0 Å². The van der Waals surface area contributed by atoms with Crippen molar-refractivity contribution in [3.8, 4) is 11.6 Å². The molecule has 0 aromatic carbocycles. The number of pyridine rings is 1. The minimum Gasteiger partial charge on any atom is -0.417 e. The fraction of sp³-hybridized carbons (Fsp3) is 0.133. The van der Waals surface area contributed by atoms with E-state index in [2.05, 4.69) is 16.7 Å². The van der Waals surface area contributed by atoms with E-state index in [4.69, 9.17) is 4.74 Å². The van der Waals surface area contributed by atoms with Gasteiger partial charge in [0, 0.05) is 30.9 Å². The van der Waals surface area contributed by atoms with Crippen molar-refractivity contribution < 1.29 is 22.7 Å². The molecule has 0 saturated heterocycles. The van der Waals surface area contributed by atoms with Crippen molar-refractivity contribution in [2.45, 2.75) is 6.18 Å². The standard InChI is InChI=1S/C15H11F3N4O2/c1-3-10(23)24-11-12(15(16,17)18)20-21(2)14(11)22-8-6-9-5-4-7-19-13(9)22/h3-8H,1H2,2H3. The van der Waals surface area contributed by atoms with E-state index >= 15 is 0 Å².